The minimum atomic E-state index is -4.98. The zero-order valence-electron chi connectivity index (χ0n) is 7.90. The topological polar surface area (TPSA) is 45.8 Å². The van der Waals surface area contributed by atoms with Gasteiger partial charge in [-0.1, -0.05) is 0 Å². The van der Waals surface area contributed by atoms with Crippen molar-refractivity contribution in [1.82, 2.24) is 9.97 Å². The zero-order valence-corrected chi connectivity index (χ0v) is 7.90. The summed E-state index contributed by atoms with van der Waals surface area (Å²) in [4.78, 5) is 15.6. The van der Waals surface area contributed by atoms with E-state index in [9.17, 15) is 26.7 Å². The molecule has 0 atom stereocenters. The maximum Gasteiger partial charge on any atom is 0.438 e. The summed E-state index contributed by atoms with van der Waals surface area (Å²) in [5.41, 5.74) is -4.48. The Bertz CT molecular complexity index is 646. The van der Waals surface area contributed by atoms with E-state index in [2.05, 4.69) is 4.98 Å². The number of aromatic amines is 1. The molecule has 0 unspecified atom stereocenters. The van der Waals surface area contributed by atoms with Gasteiger partial charge >= 0.3 is 6.18 Å². The molecule has 1 heterocycles. The standard InChI is InChI=1S/C9H3F5N2O/c10-3-1-4(11)6-5(2-3)15-7(8(17)16-6)9(12,13)14/h1-2H,(H,16,17). The van der Waals surface area contributed by atoms with E-state index < -0.39 is 40.1 Å². The van der Waals surface area contributed by atoms with Crippen molar-refractivity contribution in [1.29, 1.82) is 0 Å². The van der Waals surface area contributed by atoms with Crippen molar-refractivity contribution in [2.24, 2.45) is 0 Å². The van der Waals surface area contributed by atoms with Crippen molar-refractivity contribution < 1.29 is 22.0 Å². The monoisotopic (exact) mass is 250 g/mol. The van der Waals surface area contributed by atoms with Crippen LogP contribution in [0.5, 0.6) is 0 Å². The van der Waals surface area contributed by atoms with Crippen molar-refractivity contribution in [2.75, 3.05) is 0 Å². The maximum atomic E-state index is 13.1. The summed E-state index contributed by atoms with van der Waals surface area (Å²) >= 11 is 0. The lowest BCUT2D eigenvalue weighted by atomic mass is 10.2. The first-order valence-corrected chi connectivity index (χ1v) is 4.25. The molecule has 0 spiro atoms. The van der Waals surface area contributed by atoms with Crippen LogP contribution in [0.25, 0.3) is 11.0 Å². The molecule has 2 rings (SSSR count). The number of alkyl halides is 3. The molecule has 0 saturated heterocycles. The van der Waals surface area contributed by atoms with Crippen LogP contribution < -0.4 is 5.56 Å². The first-order chi connectivity index (χ1) is 7.79. The normalized spacial score (nSPS) is 12.1. The van der Waals surface area contributed by atoms with Crippen LogP contribution in [0.4, 0.5) is 22.0 Å². The molecule has 2 aromatic rings. The number of nitrogens with one attached hydrogen (secondary N) is 1. The van der Waals surface area contributed by atoms with Gasteiger partial charge in [0.05, 0.1) is 5.52 Å². The molecule has 1 N–H and O–H groups in total. The molecule has 0 amide bonds. The van der Waals surface area contributed by atoms with Gasteiger partial charge in [-0.25, -0.2) is 13.8 Å². The van der Waals surface area contributed by atoms with Gasteiger partial charge < -0.3 is 4.98 Å². The van der Waals surface area contributed by atoms with E-state index in [-0.39, 0.29) is 0 Å². The number of nitrogens with zero attached hydrogens (tertiary/aromatic N) is 1. The third-order valence-electron chi connectivity index (χ3n) is 1.99. The summed E-state index contributed by atoms with van der Waals surface area (Å²) in [6.45, 7) is 0. The lowest BCUT2D eigenvalue weighted by Gasteiger charge is -2.06. The van der Waals surface area contributed by atoms with E-state index in [0.29, 0.717) is 12.1 Å². The Morgan fingerprint density at radius 2 is 1.82 bits per heavy atom. The lowest BCUT2D eigenvalue weighted by molar-refractivity contribution is -0.142. The fourth-order valence-electron chi connectivity index (χ4n) is 1.31. The van der Waals surface area contributed by atoms with Gasteiger partial charge in [-0.15, -0.1) is 0 Å². The van der Waals surface area contributed by atoms with Crippen LogP contribution in [0.2, 0.25) is 0 Å². The Labute approximate surface area is 89.9 Å². The molecule has 0 aliphatic heterocycles. The van der Waals surface area contributed by atoms with Crippen molar-refractivity contribution in [3.63, 3.8) is 0 Å². The Morgan fingerprint density at radius 1 is 1.18 bits per heavy atom. The van der Waals surface area contributed by atoms with Crippen molar-refractivity contribution >= 4 is 11.0 Å². The summed E-state index contributed by atoms with van der Waals surface area (Å²) in [7, 11) is 0. The molecule has 90 valence electrons. The van der Waals surface area contributed by atoms with E-state index in [4.69, 9.17) is 0 Å². The summed E-state index contributed by atoms with van der Waals surface area (Å²) in [5.74, 6) is -2.26. The molecular weight excluding hydrogens is 247 g/mol. The Hall–Kier alpha value is -1.99. The van der Waals surface area contributed by atoms with E-state index in [0.717, 1.165) is 0 Å². The lowest BCUT2D eigenvalue weighted by Crippen LogP contribution is -2.24. The highest BCUT2D eigenvalue weighted by Crippen LogP contribution is 2.26. The van der Waals surface area contributed by atoms with E-state index in [1.165, 1.54) is 0 Å². The molecular formula is C9H3F5N2O. The Morgan fingerprint density at radius 3 is 2.41 bits per heavy atom. The molecule has 0 aliphatic rings. The Kier molecular flexibility index (Phi) is 2.37. The number of H-pyrrole nitrogens is 1. The summed E-state index contributed by atoms with van der Waals surface area (Å²) < 4.78 is 62.8. The number of halogens is 5. The number of rotatable bonds is 0. The Balaban J connectivity index is 2.86. The number of benzene rings is 1. The van der Waals surface area contributed by atoms with Crippen LogP contribution in [0.3, 0.4) is 0 Å². The van der Waals surface area contributed by atoms with E-state index >= 15 is 0 Å². The number of aromatic nitrogens is 2. The third-order valence-corrected chi connectivity index (χ3v) is 1.99. The smallest absolute Gasteiger partial charge is 0.316 e. The summed E-state index contributed by atoms with van der Waals surface area (Å²) in [5, 5.41) is 0. The van der Waals surface area contributed by atoms with Gasteiger partial charge in [-0.3, -0.25) is 4.79 Å². The van der Waals surface area contributed by atoms with Crippen molar-refractivity contribution in [2.45, 2.75) is 6.18 Å². The molecule has 1 aromatic carbocycles. The van der Waals surface area contributed by atoms with Gasteiger partial charge in [0.25, 0.3) is 5.56 Å². The van der Waals surface area contributed by atoms with Crippen molar-refractivity contribution in [3.05, 3.63) is 39.8 Å². The molecule has 0 aliphatic carbocycles. The van der Waals surface area contributed by atoms with Gasteiger partial charge in [0.15, 0.2) is 5.82 Å². The molecule has 0 radical (unpaired) electrons. The number of hydrogen-bond acceptors (Lipinski definition) is 2. The molecule has 17 heavy (non-hydrogen) atoms. The van der Waals surface area contributed by atoms with Gasteiger partial charge in [-0.2, -0.15) is 13.2 Å². The number of fused-ring (bicyclic) bond motifs is 1. The quantitative estimate of drug-likeness (QED) is 0.728. The third kappa shape index (κ3) is 1.97. The van der Waals surface area contributed by atoms with Crippen LogP contribution in [-0.4, -0.2) is 9.97 Å². The molecule has 0 fully saturated rings. The highest BCUT2D eigenvalue weighted by molar-refractivity contribution is 5.74. The highest BCUT2D eigenvalue weighted by Gasteiger charge is 2.36. The minimum absolute atomic E-state index is 0.438. The second-order valence-corrected chi connectivity index (χ2v) is 3.19. The first kappa shape index (κ1) is 11.5. The van der Waals surface area contributed by atoms with Crippen LogP contribution in [0, 0.1) is 11.6 Å². The predicted octanol–water partition coefficient (Wildman–Crippen LogP) is 2.22. The van der Waals surface area contributed by atoms with E-state index in [1.807, 2.05) is 0 Å². The molecule has 1 aromatic heterocycles. The fourth-order valence-corrected chi connectivity index (χ4v) is 1.31. The summed E-state index contributed by atoms with van der Waals surface area (Å²) in [6.07, 6.45) is -4.98. The summed E-state index contributed by atoms with van der Waals surface area (Å²) in [6, 6.07) is 1.04. The molecule has 0 saturated carbocycles. The van der Waals surface area contributed by atoms with Crippen LogP contribution >= 0.6 is 0 Å². The molecule has 3 nitrogen and oxygen atoms in total. The van der Waals surface area contributed by atoms with Crippen LogP contribution in [-0.2, 0) is 6.18 Å². The molecule has 0 bridgehead atoms. The average Bonchev–Trinajstić information content (AvgIpc) is 2.16. The number of hydrogen-bond donors (Lipinski definition) is 1. The second-order valence-electron chi connectivity index (χ2n) is 3.19. The van der Waals surface area contributed by atoms with E-state index in [1.54, 1.807) is 4.98 Å². The minimum Gasteiger partial charge on any atom is -0.316 e. The average molecular weight is 250 g/mol. The maximum absolute atomic E-state index is 13.1. The van der Waals surface area contributed by atoms with Crippen molar-refractivity contribution in [3.8, 4) is 0 Å². The predicted molar refractivity (Wildman–Crippen MR) is 47.3 cm³/mol. The van der Waals surface area contributed by atoms with Crippen LogP contribution in [0.1, 0.15) is 5.69 Å². The SMILES string of the molecule is O=c1[nH]c2c(F)cc(F)cc2nc1C(F)(F)F. The van der Waals surface area contributed by atoms with Gasteiger partial charge in [0, 0.05) is 12.1 Å². The van der Waals surface area contributed by atoms with Gasteiger partial charge in [-0.05, 0) is 0 Å². The first-order valence-electron chi connectivity index (χ1n) is 4.25. The fraction of sp³-hybridized carbons (Fsp3) is 0.111. The molecule has 8 heteroatoms. The van der Waals surface area contributed by atoms with Crippen LogP contribution in [0.15, 0.2) is 16.9 Å². The highest BCUT2D eigenvalue weighted by atomic mass is 19.4. The van der Waals surface area contributed by atoms with Gasteiger partial charge in [0.2, 0.25) is 5.69 Å². The zero-order chi connectivity index (χ0) is 12.8. The van der Waals surface area contributed by atoms with Gasteiger partial charge in [0.1, 0.15) is 11.3 Å². The largest absolute Gasteiger partial charge is 0.438 e. The second kappa shape index (κ2) is 3.51.